The SMILES string of the molecule is COc1ccc(OCc2ccccc2)cc1[C@@H](N[C@H]1C(=O)OC[C@H]2C[C@@H](CO[Si](c3ccccc3)(c3ccccc3)C(C)(C)C)N(C)[C@H]21)C(=O)NC(C)(C)C. The average molecular weight is 764 g/mol. The molecule has 9 nitrogen and oxygen atoms in total. The second-order valence-electron chi connectivity index (χ2n) is 16.9. The number of amides is 1. The summed E-state index contributed by atoms with van der Waals surface area (Å²) in [4.78, 5) is 30.4. The molecular formula is C45H57N3O6Si. The van der Waals surface area contributed by atoms with Crippen molar-refractivity contribution in [2.75, 3.05) is 27.4 Å². The van der Waals surface area contributed by atoms with Gasteiger partial charge in [0.15, 0.2) is 0 Å². The number of carbonyl (C=O) groups is 2. The summed E-state index contributed by atoms with van der Waals surface area (Å²) in [5.74, 6) is 0.462. The highest BCUT2D eigenvalue weighted by molar-refractivity contribution is 6.99. The van der Waals surface area contributed by atoms with Crippen molar-refractivity contribution in [3.63, 3.8) is 0 Å². The number of nitrogens with zero attached hydrogens (tertiary/aromatic N) is 1. The Morgan fingerprint density at radius 2 is 1.49 bits per heavy atom. The highest BCUT2D eigenvalue weighted by Crippen LogP contribution is 2.40. The van der Waals surface area contributed by atoms with Gasteiger partial charge in [-0.25, -0.2) is 0 Å². The van der Waals surface area contributed by atoms with Crippen molar-refractivity contribution >= 4 is 30.6 Å². The number of likely N-dealkylation sites (N-methyl/N-ethyl adjacent to an activating group) is 1. The number of rotatable bonds is 13. The lowest BCUT2D eigenvalue weighted by molar-refractivity contribution is -0.156. The van der Waals surface area contributed by atoms with E-state index in [4.69, 9.17) is 18.6 Å². The molecule has 2 aliphatic heterocycles. The third kappa shape index (κ3) is 8.83. The summed E-state index contributed by atoms with van der Waals surface area (Å²) in [5, 5.41) is 8.90. The van der Waals surface area contributed by atoms with Gasteiger partial charge in [-0.1, -0.05) is 112 Å². The van der Waals surface area contributed by atoms with E-state index in [1.807, 2.05) is 63.2 Å². The van der Waals surface area contributed by atoms with E-state index in [9.17, 15) is 9.59 Å². The largest absolute Gasteiger partial charge is 0.496 e. The minimum atomic E-state index is -2.80. The van der Waals surface area contributed by atoms with Crippen molar-refractivity contribution in [1.82, 2.24) is 15.5 Å². The van der Waals surface area contributed by atoms with E-state index in [0.29, 0.717) is 36.9 Å². The molecule has 292 valence electrons. The van der Waals surface area contributed by atoms with Crippen LogP contribution in [0.4, 0.5) is 0 Å². The second kappa shape index (κ2) is 16.7. The molecule has 0 unspecified atom stereocenters. The monoisotopic (exact) mass is 763 g/mol. The van der Waals surface area contributed by atoms with E-state index in [0.717, 1.165) is 12.0 Å². The molecule has 2 heterocycles. The number of likely N-dealkylation sites (tertiary alicyclic amines) is 1. The van der Waals surface area contributed by atoms with Crippen LogP contribution in [0.2, 0.25) is 5.04 Å². The Hall–Kier alpha value is -4.48. The number of fused-ring (bicyclic) bond motifs is 1. The highest BCUT2D eigenvalue weighted by atomic mass is 28.4. The zero-order valence-electron chi connectivity index (χ0n) is 33.5. The van der Waals surface area contributed by atoms with Gasteiger partial charge in [0.25, 0.3) is 8.32 Å². The topological polar surface area (TPSA) is 98.4 Å². The molecule has 55 heavy (non-hydrogen) atoms. The molecule has 2 N–H and O–H groups in total. The van der Waals surface area contributed by atoms with Crippen molar-refractivity contribution in [1.29, 1.82) is 0 Å². The van der Waals surface area contributed by atoms with Crippen LogP contribution < -0.4 is 30.5 Å². The smallest absolute Gasteiger partial charge is 0.324 e. The summed E-state index contributed by atoms with van der Waals surface area (Å²) in [5.41, 5.74) is 1.06. The van der Waals surface area contributed by atoms with Crippen molar-refractivity contribution in [3.8, 4) is 11.5 Å². The molecule has 0 spiro atoms. The summed E-state index contributed by atoms with van der Waals surface area (Å²) < 4.78 is 25.3. The van der Waals surface area contributed by atoms with Gasteiger partial charge in [-0.3, -0.25) is 19.8 Å². The van der Waals surface area contributed by atoms with Crippen molar-refractivity contribution in [3.05, 3.63) is 120 Å². The van der Waals surface area contributed by atoms with E-state index in [2.05, 4.69) is 104 Å². The fraction of sp³-hybridized carbons (Fsp3) is 0.422. The minimum absolute atomic E-state index is 0.0153. The summed E-state index contributed by atoms with van der Waals surface area (Å²) in [6, 6.07) is 34.7. The van der Waals surface area contributed by atoms with Crippen LogP contribution in [-0.2, 0) is 25.4 Å². The fourth-order valence-corrected chi connectivity index (χ4v) is 13.0. The van der Waals surface area contributed by atoms with Gasteiger partial charge in [-0.05, 0) is 73.4 Å². The molecule has 4 aromatic carbocycles. The van der Waals surface area contributed by atoms with Crippen LogP contribution in [-0.4, -0.2) is 76.1 Å². The Bertz CT molecular complexity index is 1860. The third-order valence-electron chi connectivity index (χ3n) is 10.9. The predicted octanol–water partition coefficient (Wildman–Crippen LogP) is 6.01. The van der Waals surface area contributed by atoms with Crippen LogP contribution >= 0.6 is 0 Å². The first kappa shape index (κ1) is 40.2. The van der Waals surface area contributed by atoms with E-state index >= 15 is 0 Å². The maximum absolute atomic E-state index is 14.3. The minimum Gasteiger partial charge on any atom is -0.496 e. The number of hydrogen-bond donors (Lipinski definition) is 2. The van der Waals surface area contributed by atoms with Crippen LogP contribution in [0.1, 0.15) is 65.1 Å². The maximum Gasteiger partial charge on any atom is 0.324 e. The lowest BCUT2D eigenvalue weighted by Crippen LogP contribution is -2.67. The van der Waals surface area contributed by atoms with Crippen molar-refractivity contribution < 1.29 is 28.2 Å². The van der Waals surface area contributed by atoms with E-state index < -0.39 is 25.9 Å². The number of esters is 1. The fourth-order valence-electron chi connectivity index (χ4n) is 8.36. The number of ether oxygens (including phenoxy) is 3. The van der Waals surface area contributed by atoms with Gasteiger partial charge in [0.2, 0.25) is 5.91 Å². The summed E-state index contributed by atoms with van der Waals surface area (Å²) in [6.07, 6.45) is 0.788. The second-order valence-corrected chi connectivity index (χ2v) is 21.2. The standard InChI is InChI=1S/C45H57N3O6Si/c1-44(2,3)47-42(49)39(37-27-34(24-25-38(37)51-8)52-28-31-18-12-9-13-19-31)46-40-41-32(29-53-43(40)50)26-33(48(41)7)30-54-55(45(4,5)6,35-20-14-10-15-21-35)36-22-16-11-17-23-36/h9-25,27,32-33,39-41,46H,26,28-30H2,1-8H3,(H,47,49)/t32-,33+,39-,40-,41-/m1/s1. The molecule has 4 aromatic rings. The predicted molar refractivity (Wildman–Crippen MR) is 219 cm³/mol. The Morgan fingerprint density at radius 3 is 2.05 bits per heavy atom. The number of methoxy groups -OCH3 is 1. The number of nitrogens with one attached hydrogen (secondary N) is 2. The third-order valence-corrected chi connectivity index (χ3v) is 15.9. The number of cyclic esters (lactones) is 1. The Morgan fingerprint density at radius 1 is 0.891 bits per heavy atom. The molecule has 0 bridgehead atoms. The lowest BCUT2D eigenvalue weighted by Gasteiger charge is -2.44. The lowest BCUT2D eigenvalue weighted by atomic mass is 9.90. The highest BCUT2D eigenvalue weighted by Gasteiger charge is 2.54. The van der Waals surface area contributed by atoms with Gasteiger partial charge in [0.05, 0.1) is 20.3 Å². The van der Waals surface area contributed by atoms with Gasteiger partial charge in [-0.15, -0.1) is 0 Å². The molecule has 1 amide bonds. The van der Waals surface area contributed by atoms with Crippen LogP contribution in [0.3, 0.4) is 0 Å². The van der Waals surface area contributed by atoms with Crippen LogP contribution in [0.25, 0.3) is 0 Å². The zero-order chi connectivity index (χ0) is 39.4. The molecule has 6 rings (SSSR count). The van der Waals surface area contributed by atoms with Gasteiger partial charge >= 0.3 is 5.97 Å². The first-order valence-corrected chi connectivity index (χ1v) is 21.2. The molecule has 2 fully saturated rings. The average Bonchev–Trinajstić information content (AvgIpc) is 3.48. The Kier molecular flexibility index (Phi) is 12.2. The molecule has 10 heteroatoms. The zero-order valence-corrected chi connectivity index (χ0v) is 34.5. The van der Waals surface area contributed by atoms with E-state index in [-0.39, 0.29) is 34.9 Å². The van der Waals surface area contributed by atoms with Gasteiger partial charge in [0.1, 0.15) is 30.2 Å². The molecular weight excluding hydrogens is 707 g/mol. The number of carbonyl (C=O) groups excluding carboxylic acids is 2. The number of hydrogen-bond acceptors (Lipinski definition) is 8. The molecule has 0 aromatic heterocycles. The summed E-state index contributed by atoms with van der Waals surface area (Å²) in [7, 11) is 0.849. The summed E-state index contributed by atoms with van der Waals surface area (Å²) in [6.45, 7) is 13.8. The first-order valence-electron chi connectivity index (χ1n) is 19.3. The molecule has 2 aliphatic rings. The molecule has 0 aliphatic carbocycles. The van der Waals surface area contributed by atoms with Gasteiger partial charge < -0.3 is 24.0 Å². The molecule has 0 radical (unpaired) electrons. The van der Waals surface area contributed by atoms with E-state index in [1.54, 1.807) is 13.2 Å². The molecule has 0 saturated carbocycles. The summed E-state index contributed by atoms with van der Waals surface area (Å²) >= 11 is 0. The van der Waals surface area contributed by atoms with Gasteiger partial charge in [-0.2, -0.15) is 0 Å². The van der Waals surface area contributed by atoms with Gasteiger partial charge in [0, 0.05) is 29.1 Å². The van der Waals surface area contributed by atoms with Crippen LogP contribution in [0.15, 0.2) is 109 Å². The van der Waals surface area contributed by atoms with E-state index in [1.165, 1.54) is 10.4 Å². The number of benzene rings is 4. The maximum atomic E-state index is 14.3. The quantitative estimate of drug-likeness (QED) is 0.126. The van der Waals surface area contributed by atoms with Crippen LogP contribution in [0, 0.1) is 5.92 Å². The molecule has 5 atom stereocenters. The Labute approximate surface area is 327 Å². The Balaban J connectivity index is 1.30. The van der Waals surface area contributed by atoms with Crippen molar-refractivity contribution in [2.24, 2.45) is 5.92 Å². The normalized spacial score (nSPS) is 21.0. The van der Waals surface area contributed by atoms with Crippen LogP contribution in [0.5, 0.6) is 11.5 Å². The van der Waals surface area contributed by atoms with Crippen molar-refractivity contribution in [2.45, 2.75) is 89.3 Å². The molecule has 2 saturated heterocycles. The first-order chi connectivity index (χ1) is 26.2.